The molecule has 1 saturated heterocycles. The van der Waals surface area contributed by atoms with Crippen LogP contribution in [0, 0.1) is 0 Å². The van der Waals surface area contributed by atoms with E-state index in [0.717, 1.165) is 12.1 Å². The zero-order valence-corrected chi connectivity index (χ0v) is 14.9. The summed E-state index contributed by atoms with van der Waals surface area (Å²) in [5, 5.41) is 13.1. The number of piperazine rings is 1. The second-order valence-electron chi connectivity index (χ2n) is 6.40. The molecule has 2 N–H and O–H groups in total. The first-order chi connectivity index (χ1) is 11.4. The number of carboxylic acid groups (broad SMARTS) is 1. The molecule has 1 aliphatic heterocycles. The molecule has 0 radical (unpaired) electrons. The van der Waals surface area contributed by atoms with Crippen molar-refractivity contribution in [2.45, 2.75) is 45.9 Å². The van der Waals surface area contributed by atoms with Crippen LogP contribution < -0.4 is 14.8 Å². The minimum absolute atomic E-state index is 0.0272. The van der Waals surface area contributed by atoms with E-state index in [4.69, 9.17) is 9.47 Å². The average molecular weight is 336 g/mol. The third kappa shape index (κ3) is 4.61. The van der Waals surface area contributed by atoms with Crippen LogP contribution in [0.2, 0.25) is 0 Å². The van der Waals surface area contributed by atoms with Gasteiger partial charge in [0.15, 0.2) is 11.5 Å². The smallest absolute Gasteiger partial charge is 0.325 e. The van der Waals surface area contributed by atoms with Crippen molar-refractivity contribution in [3.05, 3.63) is 23.8 Å². The number of carbonyl (C=O) groups is 1. The van der Waals surface area contributed by atoms with E-state index >= 15 is 0 Å². The van der Waals surface area contributed by atoms with Crippen molar-refractivity contribution in [2.24, 2.45) is 0 Å². The predicted octanol–water partition coefficient (Wildman–Crippen LogP) is 2.29. The second-order valence-corrected chi connectivity index (χ2v) is 6.40. The highest BCUT2D eigenvalue weighted by molar-refractivity contribution is 5.76. The fourth-order valence-electron chi connectivity index (χ4n) is 3.02. The number of nitrogens with one attached hydrogen (secondary N) is 1. The number of rotatable bonds is 7. The monoisotopic (exact) mass is 336 g/mol. The van der Waals surface area contributed by atoms with Gasteiger partial charge in [0, 0.05) is 25.7 Å². The Bertz CT molecular complexity index is 562. The number of ether oxygens (including phenoxy) is 2. The van der Waals surface area contributed by atoms with Gasteiger partial charge >= 0.3 is 5.97 Å². The lowest BCUT2D eigenvalue weighted by molar-refractivity contribution is -0.144. The fraction of sp³-hybridized carbons (Fsp3) is 0.611. The third-order valence-corrected chi connectivity index (χ3v) is 3.95. The SMILES string of the molecule is CCOc1cc(C(C(=O)O)N2CCNC(C)C2)ccc1OC(C)C. The zero-order chi connectivity index (χ0) is 17.7. The summed E-state index contributed by atoms with van der Waals surface area (Å²) in [5.74, 6) is 0.399. The van der Waals surface area contributed by atoms with Gasteiger partial charge in [0.1, 0.15) is 6.04 Å². The fourth-order valence-corrected chi connectivity index (χ4v) is 3.02. The summed E-state index contributed by atoms with van der Waals surface area (Å²) in [5.41, 5.74) is 0.719. The first-order valence-corrected chi connectivity index (χ1v) is 8.56. The minimum Gasteiger partial charge on any atom is -0.490 e. The van der Waals surface area contributed by atoms with Gasteiger partial charge in [-0.1, -0.05) is 6.07 Å². The second kappa shape index (κ2) is 8.35. The van der Waals surface area contributed by atoms with Crippen LogP contribution in [0.25, 0.3) is 0 Å². The van der Waals surface area contributed by atoms with Crippen molar-refractivity contribution in [3.8, 4) is 11.5 Å². The van der Waals surface area contributed by atoms with E-state index in [1.54, 1.807) is 6.07 Å². The van der Waals surface area contributed by atoms with Crippen LogP contribution in [0.15, 0.2) is 18.2 Å². The molecule has 24 heavy (non-hydrogen) atoms. The molecule has 0 bridgehead atoms. The van der Waals surface area contributed by atoms with Crippen LogP contribution in [-0.4, -0.2) is 54.4 Å². The number of nitrogens with zero attached hydrogens (tertiary/aromatic N) is 1. The largest absolute Gasteiger partial charge is 0.490 e. The van der Waals surface area contributed by atoms with Crippen LogP contribution in [0.3, 0.4) is 0 Å². The Morgan fingerprint density at radius 2 is 2.17 bits per heavy atom. The third-order valence-electron chi connectivity index (χ3n) is 3.95. The summed E-state index contributed by atoms with van der Waals surface area (Å²) < 4.78 is 11.4. The van der Waals surface area contributed by atoms with Gasteiger partial charge in [-0.15, -0.1) is 0 Å². The Morgan fingerprint density at radius 3 is 2.75 bits per heavy atom. The molecule has 2 rings (SSSR count). The number of benzene rings is 1. The molecule has 2 unspecified atom stereocenters. The number of aliphatic carboxylic acids is 1. The molecule has 2 atom stereocenters. The van der Waals surface area contributed by atoms with Crippen molar-refractivity contribution in [1.29, 1.82) is 0 Å². The Kier molecular flexibility index (Phi) is 6.45. The minimum atomic E-state index is -0.843. The highest BCUT2D eigenvalue weighted by Crippen LogP contribution is 2.33. The lowest BCUT2D eigenvalue weighted by atomic mass is 10.0. The molecule has 1 aromatic carbocycles. The Balaban J connectivity index is 2.32. The molecular formula is C18H28N2O4. The maximum absolute atomic E-state index is 11.9. The van der Waals surface area contributed by atoms with Crippen LogP contribution in [-0.2, 0) is 4.79 Å². The molecule has 1 aliphatic rings. The summed E-state index contributed by atoms with van der Waals surface area (Å²) in [6, 6.07) is 5.03. The van der Waals surface area contributed by atoms with E-state index in [2.05, 4.69) is 12.2 Å². The highest BCUT2D eigenvalue weighted by Gasteiger charge is 2.31. The van der Waals surface area contributed by atoms with Gasteiger partial charge < -0.3 is 19.9 Å². The van der Waals surface area contributed by atoms with Gasteiger partial charge in [-0.25, -0.2) is 0 Å². The summed E-state index contributed by atoms with van der Waals surface area (Å²) in [7, 11) is 0. The van der Waals surface area contributed by atoms with Crippen LogP contribution in [0.4, 0.5) is 0 Å². The highest BCUT2D eigenvalue weighted by atomic mass is 16.5. The molecule has 1 heterocycles. The topological polar surface area (TPSA) is 71.0 Å². The molecule has 0 aromatic heterocycles. The number of hydrogen-bond acceptors (Lipinski definition) is 5. The van der Waals surface area contributed by atoms with Gasteiger partial charge in [-0.2, -0.15) is 0 Å². The van der Waals surface area contributed by atoms with E-state index in [-0.39, 0.29) is 12.1 Å². The van der Waals surface area contributed by atoms with Crippen LogP contribution in [0.5, 0.6) is 11.5 Å². The molecular weight excluding hydrogens is 308 g/mol. The molecule has 134 valence electrons. The Morgan fingerprint density at radius 1 is 1.42 bits per heavy atom. The molecule has 0 spiro atoms. The number of carboxylic acids is 1. The number of hydrogen-bond donors (Lipinski definition) is 2. The summed E-state index contributed by atoms with van der Waals surface area (Å²) in [6.45, 7) is 10.6. The lowest BCUT2D eigenvalue weighted by Crippen LogP contribution is -2.51. The van der Waals surface area contributed by atoms with Gasteiger partial charge in [0.2, 0.25) is 0 Å². The van der Waals surface area contributed by atoms with E-state index in [9.17, 15) is 9.90 Å². The summed E-state index contributed by atoms with van der Waals surface area (Å²) >= 11 is 0. The quantitative estimate of drug-likeness (QED) is 0.796. The normalized spacial score (nSPS) is 20.0. The standard InChI is InChI=1S/C18H28N2O4/c1-5-23-16-10-14(6-7-15(16)24-12(2)3)17(18(21)22)20-9-8-19-13(4)11-20/h6-7,10,12-13,17,19H,5,8-9,11H2,1-4H3,(H,21,22). The van der Waals surface area contributed by atoms with Gasteiger partial charge in [0.05, 0.1) is 12.7 Å². The maximum Gasteiger partial charge on any atom is 0.325 e. The molecule has 6 nitrogen and oxygen atoms in total. The van der Waals surface area contributed by atoms with E-state index < -0.39 is 12.0 Å². The van der Waals surface area contributed by atoms with Crippen molar-refractivity contribution >= 4 is 5.97 Å². The Labute approximate surface area is 143 Å². The average Bonchev–Trinajstić information content (AvgIpc) is 2.49. The molecule has 0 amide bonds. The maximum atomic E-state index is 11.9. The molecule has 1 fully saturated rings. The first-order valence-electron chi connectivity index (χ1n) is 8.56. The van der Waals surface area contributed by atoms with Crippen LogP contribution >= 0.6 is 0 Å². The molecule has 1 aromatic rings. The van der Waals surface area contributed by atoms with Crippen molar-refractivity contribution in [2.75, 3.05) is 26.2 Å². The van der Waals surface area contributed by atoms with Gasteiger partial charge in [-0.05, 0) is 45.4 Å². The summed E-state index contributed by atoms with van der Waals surface area (Å²) in [4.78, 5) is 13.9. The van der Waals surface area contributed by atoms with Crippen molar-refractivity contribution in [3.63, 3.8) is 0 Å². The lowest BCUT2D eigenvalue weighted by Gasteiger charge is -2.36. The predicted molar refractivity (Wildman–Crippen MR) is 92.8 cm³/mol. The first kappa shape index (κ1) is 18.5. The molecule has 0 aliphatic carbocycles. The van der Waals surface area contributed by atoms with Gasteiger partial charge in [-0.3, -0.25) is 9.69 Å². The summed E-state index contributed by atoms with van der Waals surface area (Å²) in [6.07, 6.45) is 0.0272. The molecule has 0 saturated carbocycles. The van der Waals surface area contributed by atoms with E-state index in [0.29, 0.717) is 31.2 Å². The zero-order valence-electron chi connectivity index (χ0n) is 14.9. The van der Waals surface area contributed by atoms with Crippen LogP contribution in [0.1, 0.15) is 39.3 Å². The van der Waals surface area contributed by atoms with Gasteiger partial charge in [0.25, 0.3) is 0 Å². The Hall–Kier alpha value is -1.79. The van der Waals surface area contributed by atoms with E-state index in [1.165, 1.54) is 0 Å². The van der Waals surface area contributed by atoms with E-state index in [1.807, 2.05) is 37.8 Å². The van der Waals surface area contributed by atoms with Crippen molar-refractivity contribution < 1.29 is 19.4 Å². The molecule has 6 heteroatoms. The van der Waals surface area contributed by atoms with Crippen molar-refractivity contribution in [1.82, 2.24) is 10.2 Å².